The summed E-state index contributed by atoms with van der Waals surface area (Å²) in [5.41, 5.74) is 0. The van der Waals surface area contributed by atoms with E-state index in [-0.39, 0.29) is 12.4 Å². The number of thioether (sulfide) groups is 1. The van der Waals surface area contributed by atoms with Crippen LogP contribution in [0, 0.1) is 0 Å². The van der Waals surface area contributed by atoms with Crippen molar-refractivity contribution in [2.45, 2.75) is 47.9 Å². The minimum atomic E-state index is 0. The van der Waals surface area contributed by atoms with E-state index < -0.39 is 0 Å². The zero-order chi connectivity index (χ0) is 11.8. The smallest absolute Gasteiger partial charge is 0.0557 e. The van der Waals surface area contributed by atoms with Crippen LogP contribution >= 0.6 is 47.4 Å². The topological polar surface area (TPSA) is 12.0 Å². The molecule has 0 spiro atoms. The lowest BCUT2D eigenvalue weighted by Crippen LogP contribution is -2.39. The van der Waals surface area contributed by atoms with Crippen LogP contribution < -0.4 is 5.32 Å². The van der Waals surface area contributed by atoms with E-state index in [1.54, 1.807) is 0 Å². The van der Waals surface area contributed by atoms with E-state index in [1.165, 1.54) is 25.7 Å². The minimum absolute atomic E-state index is 0. The van der Waals surface area contributed by atoms with Gasteiger partial charge in [-0.05, 0) is 37.8 Å². The number of benzene rings is 1. The zero-order valence-electron chi connectivity index (χ0n) is 9.86. The summed E-state index contributed by atoms with van der Waals surface area (Å²) < 4.78 is 0. The first-order valence-corrected chi connectivity index (χ1v) is 7.72. The average molecular weight is 325 g/mol. The normalized spacial score (nSPS) is 30.0. The molecule has 0 saturated carbocycles. The molecule has 0 aliphatic carbocycles. The molecule has 2 saturated heterocycles. The second-order valence-electron chi connectivity index (χ2n) is 4.90. The van der Waals surface area contributed by atoms with Crippen LogP contribution in [0.4, 0.5) is 0 Å². The highest BCUT2D eigenvalue weighted by molar-refractivity contribution is 8.00. The van der Waals surface area contributed by atoms with Crippen molar-refractivity contribution in [2.75, 3.05) is 0 Å². The lowest BCUT2D eigenvalue weighted by Gasteiger charge is -2.29. The van der Waals surface area contributed by atoms with Gasteiger partial charge in [0.15, 0.2) is 0 Å². The molecule has 2 fully saturated rings. The number of rotatable bonds is 2. The molecule has 1 N–H and O–H groups in total. The highest BCUT2D eigenvalue weighted by atomic mass is 35.5. The van der Waals surface area contributed by atoms with Crippen molar-refractivity contribution in [1.82, 2.24) is 5.32 Å². The summed E-state index contributed by atoms with van der Waals surface area (Å²) in [6.45, 7) is 0. The fourth-order valence-electron chi connectivity index (χ4n) is 2.86. The molecule has 2 heterocycles. The Kier molecular flexibility index (Phi) is 5.13. The van der Waals surface area contributed by atoms with E-state index in [9.17, 15) is 0 Å². The Morgan fingerprint density at radius 1 is 1.06 bits per heavy atom. The first kappa shape index (κ1) is 14.8. The standard InChI is InChI=1S/C13H15Cl2NS.ClH/c14-11-2-1-3-12(15)13(11)17-10-6-8-4-5-9(7-10)16-8;/h1-3,8-10,16H,4-7H2;1H. The van der Waals surface area contributed by atoms with Crippen molar-refractivity contribution in [2.24, 2.45) is 0 Å². The predicted molar refractivity (Wildman–Crippen MR) is 82.5 cm³/mol. The van der Waals surface area contributed by atoms with Gasteiger partial charge >= 0.3 is 0 Å². The van der Waals surface area contributed by atoms with Crippen LogP contribution in [0.1, 0.15) is 25.7 Å². The summed E-state index contributed by atoms with van der Waals surface area (Å²) in [6, 6.07) is 7.18. The summed E-state index contributed by atoms with van der Waals surface area (Å²) in [5, 5.41) is 5.89. The van der Waals surface area contributed by atoms with Crippen LogP contribution in [-0.4, -0.2) is 17.3 Å². The van der Waals surface area contributed by atoms with Crippen molar-refractivity contribution in [3.05, 3.63) is 28.2 Å². The van der Waals surface area contributed by atoms with Gasteiger partial charge in [-0.15, -0.1) is 24.2 Å². The van der Waals surface area contributed by atoms with E-state index in [1.807, 2.05) is 30.0 Å². The summed E-state index contributed by atoms with van der Waals surface area (Å²) in [4.78, 5) is 1.06. The molecule has 2 bridgehead atoms. The largest absolute Gasteiger partial charge is 0.311 e. The number of halogens is 3. The van der Waals surface area contributed by atoms with Crippen molar-refractivity contribution < 1.29 is 0 Å². The first-order valence-electron chi connectivity index (χ1n) is 6.09. The average Bonchev–Trinajstić information content (AvgIpc) is 2.64. The molecule has 18 heavy (non-hydrogen) atoms. The van der Waals surface area contributed by atoms with Crippen molar-refractivity contribution in [3.8, 4) is 0 Å². The van der Waals surface area contributed by atoms with Gasteiger partial charge in [-0.3, -0.25) is 0 Å². The lowest BCUT2D eigenvalue weighted by atomic mass is 10.1. The minimum Gasteiger partial charge on any atom is -0.311 e. The third kappa shape index (κ3) is 3.10. The Hall–Kier alpha value is 0.400. The van der Waals surface area contributed by atoms with Crippen molar-refractivity contribution in [1.29, 1.82) is 0 Å². The summed E-state index contributed by atoms with van der Waals surface area (Å²) in [7, 11) is 0. The molecule has 1 aromatic carbocycles. The SMILES string of the molecule is Cl.Clc1cccc(Cl)c1SC1CC2CCC(C1)N2. The maximum atomic E-state index is 6.22. The van der Waals surface area contributed by atoms with Crippen LogP contribution in [0.15, 0.2) is 23.1 Å². The lowest BCUT2D eigenvalue weighted by molar-refractivity contribution is 0.415. The van der Waals surface area contributed by atoms with Crippen LogP contribution in [0.3, 0.4) is 0 Å². The van der Waals surface area contributed by atoms with Gasteiger partial charge in [0, 0.05) is 22.2 Å². The van der Waals surface area contributed by atoms with Gasteiger partial charge in [0.05, 0.1) is 10.0 Å². The predicted octanol–water partition coefficient (Wildman–Crippen LogP) is 4.79. The molecular weight excluding hydrogens is 309 g/mol. The van der Waals surface area contributed by atoms with E-state index in [0.717, 1.165) is 14.9 Å². The molecule has 0 radical (unpaired) electrons. The highest BCUT2D eigenvalue weighted by Crippen LogP contribution is 2.42. The molecule has 1 aromatic rings. The third-order valence-corrected chi connectivity index (χ3v) is 5.88. The van der Waals surface area contributed by atoms with Gasteiger partial charge in [0.2, 0.25) is 0 Å². The molecular formula is C13H16Cl3NS. The van der Waals surface area contributed by atoms with Gasteiger partial charge in [-0.2, -0.15) is 0 Å². The van der Waals surface area contributed by atoms with E-state index >= 15 is 0 Å². The van der Waals surface area contributed by atoms with Gasteiger partial charge in [0.1, 0.15) is 0 Å². The summed E-state index contributed by atoms with van der Waals surface area (Å²) in [5.74, 6) is 0. The Morgan fingerprint density at radius 3 is 2.17 bits per heavy atom. The van der Waals surface area contributed by atoms with E-state index in [4.69, 9.17) is 23.2 Å². The number of piperidine rings is 1. The number of hydrogen-bond donors (Lipinski definition) is 1. The first-order chi connectivity index (χ1) is 8.22. The van der Waals surface area contributed by atoms with Gasteiger partial charge < -0.3 is 5.32 Å². The fraction of sp³-hybridized carbons (Fsp3) is 0.538. The molecule has 2 aliphatic rings. The Labute approximate surface area is 128 Å². The second-order valence-corrected chi connectivity index (χ2v) is 7.02. The van der Waals surface area contributed by atoms with Crippen LogP contribution in [0.25, 0.3) is 0 Å². The second kappa shape index (κ2) is 6.23. The Morgan fingerprint density at radius 2 is 1.61 bits per heavy atom. The molecule has 3 rings (SSSR count). The molecule has 0 aromatic heterocycles. The highest BCUT2D eigenvalue weighted by Gasteiger charge is 2.34. The quantitative estimate of drug-likeness (QED) is 0.839. The van der Waals surface area contributed by atoms with Gasteiger partial charge in [-0.25, -0.2) is 0 Å². The van der Waals surface area contributed by atoms with Gasteiger partial charge in [0.25, 0.3) is 0 Å². The maximum Gasteiger partial charge on any atom is 0.0557 e. The maximum absolute atomic E-state index is 6.22. The van der Waals surface area contributed by atoms with Crippen LogP contribution in [0.2, 0.25) is 10.0 Å². The number of nitrogens with one attached hydrogen (secondary N) is 1. The molecule has 2 atom stereocenters. The monoisotopic (exact) mass is 323 g/mol. The molecule has 5 heteroatoms. The van der Waals surface area contributed by atoms with Crippen molar-refractivity contribution in [3.63, 3.8) is 0 Å². The van der Waals surface area contributed by atoms with Crippen molar-refractivity contribution >= 4 is 47.4 Å². The van der Waals surface area contributed by atoms with Gasteiger partial charge in [-0.1, -0.05) is 29.3 Å². The zero-order valence-corrected chi connectivity index (χ0v) is 13.0. The molecule has 100 valence electrons. The summed E-state index contributed by atoms with van der Waals surface area (Å²) in [6.07, 6.45) is 5.14. The number of fused-ring (bicyclic) bond motifs is 2. The molecule has 1 nitrogen and oxygen atoms in total. The molecule has 2 aliphatic heterocycles. The van der Waals surface area contributed by atoms with E-state index in [2.05, 4.69) is 5.32 Å². The number of hydrogen-bond acceptors (Lipinski definition) is 2. The Bertz CT molecular complexity index is 394. The molecule has 0 amide bonds. The van der Waals surface area contributed by atoms with E-state index in [0.29, 0.717) is 17.3 Å². The molecule has 2 unspecified atom stereocenters. The van der Waals surface area contributed by atoms with Crippen LogP contribution in [0.5, 0.6) is 0 Å². The van der Waals surface area contributed by atoms with Crippen LogP contribution in [-0.2, 0) is 0 Å². The summed E-state index contributed by atoms with van der Waals surface area (Å²) >= 11 is 14.3. The Balaban J connectivity index is 0.00000120. The third-order valence-electron chi connectivity index (χ3n) is 3.63. The fourth-order valence-corrected chi connectivity index (χ4v) is 4.88.